The zero-order valence-electron chi connectivity index (χ0n) is 14.5. The third kappa shape index (κ3) is 8.02. The molecule has 1 aromatic rings. The van der Waals surface area contributed by atoms with Gasteiger partial charge < -0.3 is 15.4 Å². The number of nitrogens with zero attached hydrogens (tertiary/aromatic N) is 3. The van der Waals surface area contributed by atoms with E-state index in [4.69, 9.17) is 4.74 Å². The van der Waals surface area contributed by atoms with Crippen molar-refractivity contribution in [3.8, 4) is 0 Å². The van der Waals surface area contributed by atoms with Gasteiger partial charge >= 0.3 is 0 Å². The molecule has 0 radical (unpaired) electrons. The molecule has 6 heteroatoms. The van der Waals surface area contributed by atoms with Crippen molar-refractivity contribution in [3.05, 3.63) is 18.5 Å². The van der Waals surface area contributed by atoms with Crippen LogP contribution in [0.15, 0.2) is 23.5 Å². The zero-order valence-corrected chi connectivity index (χ0v) is 14.5. The van der Waals surface area contributed by atoms with E-state index in [0.29, 0.717) is 5.92 Å². The van der Waals surface area contributed by atoms with Crippen molar-refractivity contribution in [3.63, 3.8) is 0 Å². The topological polar surface area (TPSA) is 63.5 Å². The summed E-state index contributed by atoms with van der Waals surface area (Å²) < 4.78 is 7.60. The summed E-state index contributed by atoms with van der Waals surface area (Å²) in [7, 11) is 0. The van der Waals surface area contributed by atoms with Crippen molar-refractivity contribution in [1.29, 1.82) is 0 Å². The average Bonchev–Trinajstić information content (AvgIpc) is 3.23. The summed E-state index contributed by atoms with van der Waals surface area (Å²) >= 11 is 0. The van der Waals surface area contributed by atoms with E-state index in [2.05, 4.69) is 34.6 Å². The summed E-state index contributed by atoms with van der Waals surface area (Å²) in [5.41, 5.74) is 0. The van der Waals surface area contributed by atoms with E-state index in [1.165, 1.54) is 12.8 Å². The second-order valence-corrected chi connectivity index (χ2v) is 6.35. The predicted molar refractivity (Wildman–Crippen MR) is 93.5 cm³/mol. The highest BCUT2D eigenvalue weighted by molar-refractivity contribution is 5.79. The zero-order chi connectivity index (χ0) is 16.3. The van der Waals surface area contributed by atoms with E-state index < -0.39 is 0 Å². The minimum Gasteiger partial charge on any atom is -0.381 e. The Morgan fingerprint density at radius 2 is 2.30 bits per heavy atom. The molecular formula is C17H31N5O. The molecule has 1 aromatic heterocycles. The molecule has 6 nitrogen and oxygen atoms in total. The molecule has 0 aromatic carbocycles. The molecule has 1 unspecified atom stereocenters. The quantitative estimate of drug-likeness (QED) is 0.371. The fourth-order valence-electron chi connectivity index (χ4n) is 2.29. The molecule has 1 aliphatic rings. The number of rotatable bonds is 11. The van der Waals surface area contributed by atoms with Gasteiger partial charge in [-0.3, -0.25) is 9.67 Å². The fourth-order valence-corrected chi connectivity index (χ4v) is 2.29. The van der Waals surface area contributed by atoms with Gasteiger partial charge in [0, 0.05) is 51.8 Å². The van der Waals surface area contributed by atoms with E-state index in [1.54, 1.807) is 0 Å². The number of nitrogens with one attached hydrogen (secondary N) is 2. The molecule has 0 amide bonds. The van der Waals surface area contributed by atoms with Gasteiger partial charge in [-0.1, -0.05) is 6.92 Å². The molecule has 2 N–H and O–H groups in total. The minimum absolute atomic E-state index is 0.451. The van der Waals surface area contributed by atoms with Gasteiger partial charge in [-0.25, -0.2) is 0 Å². The largest absolute Gasteiger partial charge is 0.381 e. The van der Waals surface area contributed by atoms with Crippen molar-refractivity contribution in [2.45, 2.75) is 39.7 Å². The Morgan fingerprint density at radius 1 is 1.43 bits per heavy atom. The minimum atomic E-state index is 0.451. The molecule has 130 valence electrons. The fraction of sp³-hybridized carbons (Fsp3) is 0.765. The summed E-state index contributed by atoms with van der Waals surface area (Å²) in [6, 6.07) is 1.95. The average molecular weight is 321 g/mol. The Hall–Kier alpha value is -1.56. The maximum atomic E-state index is 5.65. The number of aromatic nitrogens is 2. The Labute approximate surface area is 139 Å². The number of ether oxygens (including phenoxy) is 1. The summed E-state index contributed by atoms with van der Waals surface area (Å²) in [5.74, 6) is 2.19. The number of hydrogen-bond donors (Lipinski definition) is 2. The van der Waals surface area contributed by atoms with Gasteiger partial charge in [0.1, 0.15) is 0 Å². The number of aliphatic imine (C=N–C) groups is 1. The molecule has 0 aliphatic heterocycles. The van der Waals surface area contributed by atoms with Crippen LogP contribution in [0.1, 0.15) is 33.1 Å². The monoisotopic (exact) mass is 321 g/mol. The van der Waals surface area contributed by atoms with Crippen LogP contribution in [-0.4, -0.2) is 48.6 Å². The van der Waals surface area contributed by atoms with Crippen molar-refractivity contribution in [1.82, 2.24) is 20.4 Å². The third-order valence-corrected chi connectivity index (χ3v) is 3.77. The molecule has 1 heterocycles. The van der Waals surface area contributed by atoms with Crippen molar-refractivity contribution in [2.75, 3.05) is 32.8 Å². The van der Waals surface area contributed by atoms with E-state index in [1.807, 2.05) is 23.1 Å². The van der Waals surface area contributed by atoms with Gasteiger partial charge in [-0.05, 0) is 44.1 Å². The van der Waals surface area contributed by atoms with Gasteiger partial charge in [0.05, 0.1) is 0 Å². The summed E-state index contributed by atoms with van der Waals surface area (Å²) in [6.07, 6.45) is 7.52. The Kier molecular flexibility index (Phi) is 7.93. The molecule has 0 spiro atoms. The highest BCUT2D eigenvalue weighted by Crippen LogP contribution is 2.28. The number of guanidine groups is 1. The van der Waals surface area contributed by atoms with Gasteiger partial charge in [0.15, 0.2) is 5.96 Å². The molecular weight excluding hydrogens is 290 g/mol. The maximum absolute atomic E-state index is 5.65. The normalized spacial score (nSPS) is 16.3. The van der Waals surface area contributed by atoms with Crippen LogP contribution in [0.4, 0.5) is 0 Å². The van der Waals surface area contributed by atoms with Crippen LogP contribution >= 0.6 is 0 Å². The summed E-state index contributed by atoms with van der Waals surface area (Å²) in [5, 5.41) is 10.9. The second-order valence-electron chi connectivity index (χ2n) is 6.35. The first-order valence-electron chi connectivity index (χ1n) is 8.85. The third-order valence-electron chi connectivity index (χ3n) is 3.77. The molecule has 1 aliphatic carbocycles. The molecule has 0 saturated heterocycles. The van der Waals surface area contributed by atoms with Gasteiger partial charge in [0.2, 0.25) is 0 Å². The predicted octanol–water partition coefficient (Wildman–Crippen LogP) is 1.89. The Bertz CT molecular complexity index is 442. The lowest BCUT2D eigenvalue weighted by molar-refractivity contribution is 0.123. The molecule has 1 fully saturated rings. The van der Waals surface area contributed by atoms with Crippen LogP contribution in [0.2, 0.25) is 0 Å². The van der Waals surface area contributed by atoms with Crippen LogP contribution in [-0.2, 0) is 11.3 Å². The van der Waals surface area contributed by atoms with E-state index in [-0.39, 0.29) is 0 Å². The molecule has 2 rings (SSSR count). The lowest BCUT2D eigenvalue weighted by Crippen LogP contribution is -2.38. The maximum Gasteiger partial charge on any atom is 0.191 e. The number of hydrogen-bond acceptors (Lipinski definition) is 3. The smallest absolute Gasteiger partial charge is 0.191 e. The van der Waals surface area contributed by atoms with Crippen LogP contribution < -0.4 is 10.6 Å². The lowest BCUT2D eigenvalue weighted by Gasteiger charge is -2.13. The van der Waals surface area contributed by atoms with E-state index in [9.17, 15) is 0 Å². The van der Waals surface area contributed by atoms with Gasteiger partial charge in [-0.2, -0.15) is 5.10 Å². The summed E-state index contributed by atoms with van der Waals surface area (Å²) in [4.78, 5) is 4.66. The van der Waals surface area contributed by atoms with Gasteiger partial charge in [0.25, 0.3) is 0 Å². The van der Waals surface area contributed by atoms with Crippen LogP contribution in [0.3, 0.4) is 0 Å². The molecule has 23 heavy (non-hydrogen) atoms. The van der Waals surface area contributed by atoms with E-state index in [0.717, 1.165) is 57.7 Å². The van der Waals surface area contributed by atoms with Crippen LogP contribution in [0.5, 0.6) is 0 Å². The lowest BCUT2D eigenvalue weighted by atomic mass is 10.2. The Morgan fingerprint density at radius 3 is 3.00 bits per heavy atom. The molecule has 1 saturated carbocycles. The SMILES string of the molecule is CCNC(=NCC(C)Cn1cccn1)NCCCOCC1CC1. The highest BCUT2D eigenvalue weighted by atomic mass is 16.5. The first-order valence-corrected chi connectivity index (χ1v) is 8.85. The molecule has 1 atom stereocenters. The van der Waals surface area contributed by atoms with Crippen molar-refractivity contribution >= 4 is 5.96 Å². The first kappa shape index (κ1) is 17.8. The molecule has 0 bridgehead atoms. The van der Waals surface area contributed by atoms with Crippen molar-refractivity contribution < 1.29 is 4.74 Å². The van der Waals surface area contributed by atoms with Crippen LogP contribution in [0.25, 0.3) is 0 Å². The van der Waals surface area contributed by atoms with E-state index >= 15 is 0 Å². The van der Waals surface area contributed by atoms with Gasteiger partial charge in [-0.15, -0.1) is 0 Å². The Balaban J connectivity index is 1.60. The van der Waals surface area contributed by atoms with Crippen LogP contribution in [0, 0.1) is 11.8 Å². The standard InChI is InChI=1S/C17H31N5O/c1-3-18-17(19-8-5-11-23-14-16-6-7-16)20-12-15(2)13-22-10-4-9-21-22/h4,9-10,15-16H,3,5-8,11-14H2,1-2H3,(H2,18,19,20). The second kappa shape index (κ2) is 10.3. The summed E-state index contributed by atoms with van der Waals surface area (Å²) in [6.45, 7) is 9.50. The first-order chi connectivity index (χ1) is 11.3. The van der Waals surface area contributed by atoms with Crippen molar-refractivity contribution in [2.24, 2.45) is 16.8 Å². The highest BCUT2D eigenvalue weighted by Gasteiger charge is 2.20.